The van der Waals surface area contributed by atoms with Crippen LogP contribution in [-0.4, -0.2) is 36.0 Å². The summed E-state index contributed by atoms with van der Waals surface area (Å²) in [5.74, 6) is 0.185. The minimum absolute atomic E-state index is 0.185. The van der Waals surface area contributed by atoms with Crippen LogP contribution in [0, 0.1) is 5.41 Å². The summed E-state index contributed by atoms with van der Waals surface area (Å²) >= 11 is 0. The highest BCUT2D eigenvalue weighted by Crippen LogP contribution is 2.01. The first-order valence-corrected chi connectivity index (χ1v) is 3.94. The fraction of sp³-hybridized carbons (Fsp3) is 0.857. The summed E-state index contributed by atoms with van der Waals surface area (Å²) in [5.41, 5.74) is 5.37. The van der Waals surface area contributed by atoms with Crippen LogP contribution in [0.4, 0.5) is 0 Å². The van der Waals surface area contributed by atoms with Crippen LogP contribution in [0.5, 0.6) is 0 Å². The monoisotopic (exact) mass is 156 g/mol. The number of guanidine groups is 1. The van der Waals surface area contributed by atoms with E-state index in [1.54, 1.807) is 0 Å². The molecule has 2 unspecified atom stereocenters. The van der Waals surface area contributed by atoms with Gasteiger partial charge in [0.15, 0.2) is 5.96 Å². The Bertz CT molecular complexity index is 147. The Hall–Kier alpha value is -0.770. The molecule has 0 aliphatic carbocycles. The van der Waals surface area contributed by atoms with Gasteiger partial charge >= 0.3 is 0 Å². The molecule has 1 fully saturated rings. The molecule has 0 amide bonds. The van der Waals surface area contributed by atoms with Gasteiger partial charge in [-0.15, -0.1) is 0 Å². The summed E-state index contributed by atoms with van der Waals surface area (Å²) in [7, 11) is 0. The number of piperazine rings is 1. The maximum absolute atomic E-state index is 7.24. The lowest BCUT2D eigenvalue weighted by Crippen LogP contribution is -2.57. The lowest BCUT2D eigenvalue weighted by atomic mass is 10.1. The first kappa shape index (κ1) is 8.33. The van der Waals surface area contributed by atoms with Crippen molar-refractivity contribution < 1.29 is 0 Å². The van der Waals surface area contributed by atoms with Gasteiger partial charge in [-0.25, -0.2) is 0 Å². The van der Waals surface area contributed by atoms with Crippen molar-refractivity contribution in [3.8, 4) is 0 Å². The Balaban J connectivity index is 2.49. The van der Waals surface area contributed by atoms with E-state index in [-0.39, 0.29) is 5.96 Å². The predicted molar refractivity (Wildman–Crippen MR) is 45.5 cm³/mol. The topological polar surface area (TPSA) is 65.1 Å². The second kappa shape index (κ2) is 3.09. The molecule has 4 heteroatoms. The summed E-state index contributed by atoms with van der Waals surface area (Å²) < 4.78 is 0. The molecule has 1 aliphatic rings. The molecule has 0 saturated carbocycles. The zero-order valence-corrected chi connectivity index (χ0v) is 7.09. The molecule has 0 bridgehead atoms. The maximum atomic E-state index is 7.24. The molecule has 1 rings (SSSR count). The Labute approximate surface area is 67.3 Å². The lowest BCUT2D eigenvalue weighted by molar-refractivity contribution is 0.252. The Morgan fingerprint density at radius 1 is 1.45 bits per heavy atom. The van der Waals surface area contributed by atoms with Gasteiger partial charge in [-0.2, -0.15) is 0 Å². The first-order valence-electron chi connectivity index (χ1n) is 3.94. The van der Waals surface area contributed by atoms with Gasteiger partial charge in [0.05, 0.1) is 0 Å². The van der Waals surface area contributed by atoms with Crippen molar-refractivity contribution in [3.63, 3.8) is 0 Å². The summed E-state index contributed by atoms with van der Waals surface area (Å²) in [6, 6.07) is 0.866. The predicted octanol–water partition coefficient (Wildman–Crippen LogP) is -0.438. The molecule has 64 valence electrons. The third-order valence-electron chi connectivity index (χ3n) is 1.90. The molecule has 0 aromatic carbocycles. The van der Waals surface area contributed by atoms with Crippen molar-refractivity contribution in [1.29, 1.82) is 5.41 Å². The van der Waals surface area contributed by atoms with Gasteiger partial charge in [0.2, 0.25) is 0 Å². The molecule has 11 heavy (non-hydrogen) atoms. The molecule has 0 aromatic rings. The average Bonchev–Trinajstić information content (AvgIpc) is 1.85. The van der Waals surface area contributed by atoms with E-state index in [9.17, 15) is 0 Å². The van der Waals surface area contributed by atoms with Gasteiger partial charge in [0.25, 0.3) is 0 Å². The molecule has 2 atom stereocenters. The first-order chi connectivity index (χ1) is 5.09. The molecule has 1 aliphatic heterocycles. The lowest BCUT2D eigenvalue weighted by Gasteiger charge is -2.36. The SMILES string of the molecule is CC1CN(C(=N)N)CC(C)N1. The highest BCUT2D eigenvalue weighted by Gasteiger charge is 2.20. The van der Waals surface area contributed by atoms with Crippen LogP contribution in [0.15, 0.2) is 0 Å². The minimum atomic E-state index is 0.185. The highest BCUT2D eigenvalue weighted by atomic mass is 15.3. The largest absolute Gasteiger partial charge is 0.370 e. The van der Waals surface area contributed by atoms with Gasteiger partial charge < -0.3 is 16.0 Å². The molecule has 0 aromatic heterocycles. The van der Waals surface area contributed by atoms with Gasteiger partial charge in [-0.05, 0) is 13.8 Å². The van der Waals surface area contributed by atoms with E-state index in [0.717, 1.165) is 13.1 Å². The van der Waals surface area contributed by atoms with Crippen LogP contribution >= 0.6 is 0 Å². The fourth-order valence-electron chi connectivity index (χ4n) is 1.52. The van der Waals surface area contributed by atoms with Crippen molar-refractivity contribution in [3.05, 3.63) is 0 Å². The van der Waals surface area contributed by atoms with E-state index in [1.807, 2.05) is 4.90 Å². The Morgan fingerprint density at radius 3 is 2.27 bits per heavy atom. The summed E-state index contributed by atoms with van der Waals surface area (Å²) in [4.78, 5) is 1.89. The van der Waals surface area contributed by atoms with Crippen molar-refractivity contribution >= 4 is 5.96 Å². The normalized spacial score (nSPS) is 32.0. The quantitative estimate of drug-likeness (QED) is 0.329. The molecule has 1 saturated heterocycles. The fourth-order valence-corrected chi connectivity index (χ4v) is 1.52. The van der Waals surface area contributed by atoms with Crippen LogP contribution in [0.2, 0.25) is 0 Å². The third kappa shape index (κ3) is 2.08. The van der Waals surface area contributed by atoms with Crippen molar-refractivity contribution in [2.24, 2.45) is 5.73 Å². The highest BCUT2D eigenvalue weighted by molar-refractivity contribution is 5.74. The van der Waals surface area contributed by atoms with Gasteiger partial charge in [-0.3, -0.25) is 5.41 Å². The smallest absolute Gasteiger partial charge is 0.188 e. The van der Waals surface area contributed by atoms with E-state index in [1.165, 1.54) is 0 Å². The standard InChI is InChI=1S/C7H16N4/c1-5-3-11(7(8)9)4-6(2)10-5/h5-6,10H,3-4H2,1-2H3,(H3,8,9). The van der Waals surface area contributed by atoms with Crippen molar-refractivity contribution in [2.75, 3.05) is 13.1 Å². The van der Waals surface area contributed by atoms with Crippen LogP contribution < -0.4 is 11.1 Å². The Morgan fingerprint density at radius 2 is 1.91 bits per heavy atom. The Kier molecular flexibility index (Phi) is 2.34. The number of nitrogens with two attached hydrogens (primary N) is 1. The van der Waals surface area contributed by atoms with Gasteiger partial charge in [-0.1, -0.05) is 0 Å². The van der Waals surface area contributed by atoms with Crippen LogP contribution in [0.25, 0.3) is 0 Å². The molecule has 0 radical (unpaired) electrons. The maximum Gasteiger partial charge on any atom is 0.188 e. The minimum Gasteiger partial charge on any atom is -0.370 e. The van der Waals surface area contributed by atoms with Crippen molar-refractivity contribution in [1.82, 2.24) is 10.2 Å². The van der Waals surface area contributed by atoms with E-state index < -0.39 is 0 Å². The zero-order valence-electron chi connectivity index (χ0n) is 7.09. The van der Waals surface area contributed by atoms with Crippen LogP contribution in [-0.2, 0) is 0 Å². The molecule has 0 spiro atoms. The molecular formula is C7H16N4. The number of nitrogens with zero attached hydrogens (tertiary/aromatic N) is 1. The number of rotatable bonds is 0. The van der Waals surface area contributed by atoms with Crippen LogP contribution in [0.1, 0.15) is 13.8 Å². The van der Waals surface area contributed by atoms with Gasteiger partial charge in [0, 0.05) is 25.2 Å². The van der Waals surface area contributed by atoms with E-state index in [2.05, 4.69) is 19.2 Å². The summed E-state index contributed by atoms with van der Waals surface area (Å²) in [6.07, 6.45) is 0. The van der Waals surface area contributed by atoms with Crippen LogP contribution in [0.3, 0.4) is 0 Å². The number of hydrogen-bond acceptors (Lipinski definition) is 2. The zero-order chi connectivity index (χ0) is 8.43. The summed E-state index contributed by atoms with van der Waals surface area (Å²) in [5, 5.41) is 10.6. The van der Waals surface area contributed by atoms with Crippen molar-refractivity contribution in [2.45, 2.75) is 25.9 Å². The van der Waals surface area contributed by atoms with E-state index >= 15 is 0 Å². The third-order valence-corrected chi connectivity index (χ3v) is 1.90. The number of hydrogen-bond donors (Lipinski definition) is 3. The second-order valence-electron chi connectivity index (χ2n) is 3.26. The summed E-state index contributed by atoms with van der Waals surface area (Å²) in [6.45, 7) is 5.90. The number of nitrogens with one attached hydrogen (secondary N) is 2. The molecule has 4 nitrogen and oxygen atoms in total. The average molecular weight is 156 g/mol. The van der Waals surface area contributed by atoms with Gasteiger partial charge in [0.1, 0.15) is 0 Å². The molecular weight excluding hydrogens is 140 g/mol. The molecule has 1 heterocycles. The molecule has 4 N–H and O–H groups in total. The second-order valence-corrected chi connectivity index (χ2v) is 3.26. The van der Waals surface area contributed by atoms with E-state index in [0.29, 0.717) is 12.1 Å². The van der Waals surface area contributed by atoms with E-state index in [4.69, 9.17) is 11.1 Å².